The summed E-state index contributed by atoms with van der Waals surface area (Å²) in [6.45, 7) is 23.3. The number of halogens is 4. The van der Waals surface area contributed by atoms with Crippen molar-refractivity contribution in [1.29, 1.82) is 0 Å². The summed E-state index contributed by atoms with van der Waals surface area (Å²) in [4.78, 5) is 135. The highest BCUT2D eigenvalue weighted by Gasteiger charge is 2.37. The maximum absolute atomic E-state index is 14.1. The Hall–Kier alpha value is -9.72. The van der Waals surface area contributed by atoms with Crippen LogP contribution >= 0.6 is 47.0 Å². The molecular formula is C97H138F4N20O12S4. The fourth-order valence-corrected chi connectivity index (χ4v) is 20.5. The number of carbonyl (C=O) groups excluding carboxylic acids is 8. The van der Waals surface area contributed by atoms with Gasteiger partial charge in [0.1, 0.15) is 46.3 Å². The van der Waals surface area contributed by atoms with Gasteiger partial charge in [-0.2, -0.15) is 20.0 Å². The molecular weight excluding hydrogens is 1840 g/mol. The van der Waals surface area contributed by atoms with Crippen molar-refractivity contribution in [2.45, 2.75) is 184 Å². The number of aliphatic imine (C=N–C) groups is 4. The predicted molar refractivity (Wildman–Crippen MR) is 541 cm³/mol. The Balaban J connectivity index is 0.000000203. The summed E-state index contributed by atoms with van der Waals surface area (Å²) in [5.41, 5.74) is 14.2. The summed E-state index contributed by atoms with van der Waals surface area (Å²) in [7, 11) is 7.68. The number of nitrogens with one attached hydrogen (secondary N) is 4. The molecule has 16 rings (SSSR count). The van der Waals surface area contributed by atoms with E-state index in [1.54, 1.807) is 40.0 Å². The largest absolute Gasteiger partial charge is 0.415 e. The molecule has 12 aliphatic rings. The lowest BCUT2D eigenvalue weighted by molar-refractivity contribution is -0.114. The van der Waals surface area contributed by atoms with E-state index >= 15 is 0 Å². The van der Waals surface area contributed by atoms with Gasteiger partial charge < -0.3 is 58.1 Å². The average Bonchev–Trinajstić information content (AvgIpc) is 1.68. The van der Waals surface area contributed by atoms with Gasteiger partial charge in [-0.05, 0) is 314 Å². The smallest absolute Gasteiger partial charge is 0.410 e. The molecule has 0 saturated carbocycles. The molecule has 4 aromatic carbocycles. The molecule has 4 aromatic rings. The van der Waals surface area contributed by atoms with Crippen LogP contribution in [0.25, 0.3) is 24.3 Å². The van der Waals surface area contributed by atoms with E-state index in [4.69, 9.17) is 18.9 Å². The first-order valence-electron chi connectivity index (χ1n) is 46.3. The first-order valence-corrected chi connectivity index (χ1v) is 49.6. The SMILES string of the molecule is C.C.C.C.CCN(C)C1CCN(C(=O)Oc2ccc(F)cc2/C=C2\SC(N3CCCCN3)=NC2=O)CC1.CCN(CC)C1CCN(C(=O)Oc2ccc(F)cc2/C=C2\SC(N3CCCCN3)=NC2=O)CC1.CN(C)CCCN(C)C(=O)Oc1ccc(F)cc1/C=C1\SC(N2CCCCN2)=NC1=O.O=C1N=C(N2CCCCN2)S/C1=C\c1cc(F)ccc1OC(=O)N1CCC(N2CCCCC2)CC1. The van der Waals surface area contributed by atoms with Gasteiger partial charge in [0, 0.05) is 146 Å². The maximum Gasteiger partial charge on any atom is 0.415 e. The summed E-state index contributed by atoms with van der Waals surface area (Å²) < 4.78 is 78.5. The molecule has 4 N–H and O–H groups in total. The van der Waals surface area contributed by atoms with E-state index in [0.717, 1.165) is 188 Å². The van der Waals surface area contributed by atoms with Crippen LogP contribution in [0.2, 0.25) is 0 Å². The molecule has 32 nitrogen and oxygen atoms in total. The van der Waals surface area contributed by atoms with E-state index in [-0.39, 0.29) is 70.4 Å². The van der Waals surface area contributed by atoms with Gasteiger partial charge in [0.25, 0.3) is 23.6 Å². The molecule has 8 amide bonds. The van der Waals surface area contributed by atoms with Crippen molar-refractivity contribution in [3.63, 3.8) is 0 Å². The molecule has 12 aliphatic heterocycles. The van der Waals surface area contributed by atoms with Crippen LogP contribution in [-0.2, 0) is 19.2 Å². The molecule has 8 fully saturated rings. The Bertz CT molecular complexity index is 5050. The van der Waals surface area contributed by atoms with Crippen LogP contribution < -0.4 is 40.7 Å². The lowest BCUT2D eigenvalue weighted by Gasteiger charge is -2.39. The number of nitrogens with zero attached hydrogens (tertiary/aromatic N) is 16. The Morgan fingerprint density at radius 3 is 0.978 bits per heavy atom. The van der Waals surface area contributed by atoms with Gasteiger partial charge in [0.05, 0.1) is 19.6 Å². The summed E-state index contributed by atoms with van der Waals surface area (Å²) in [6.07, 6.45) is 22.7. The standard InChI is InChI=1S/C25H32FN5O3S.C24H32FN5O3S.C23H30FN5O3S.C21H28FN5O3S.4CH4/c26-19-6-7-21(34-25(33)30-14-8-20(9-15-30)29-11-3-1-4-12-29)18(16-19)17-22-23(32)28-24(35-22)31-13-5-2-10-27-31;1-3-28(4-2)19-9-13-29(14-10-19)24(32)33-20-8-7-18(25)15-17(20)16-21-22(31)27-23(34-21)30-12-6-5-11-26-30;1-3-27(2)18-8-12-28(13-9-18)23(31)32-19-7-6-17(24)14-16(19)15-20-21(30)26-22(33-20)29-11-5-4-10-25-29;1-25(2)10-6-11-26(3)21(29)30-17-8-7-16(22)13-15(17)14-18-19(28)24-20(31-18)27-12-5-4-9-23-27;;;;/h6-7,16-17,20,27H,1-5,8-15H2;7-8,15-16,19,26H,3-6,9-14H2,1-2H3;6-7,14-15,18,25H,3-5,8-13H2,1-2H3;7-8,13-14,23H,4-6,9-12H2,1-3H3;4*1H4/b22-17-;21-16-;20-15-;18-14-;;;;. The number of benzene rings is 4. The van der Waals surface area contributed by atoms with Crippen molar-refractivity contribution in [2.24, 2.45) is 20.0 Å². The number of amides is 8. The quantitative estimate of drug-likeness (QED) is 0.0531. The minimum Gasteiger partial charge on any atom is -0.410 e. The van der Waals surface area contributed by atoms with Crippen molar-refractivity contribution in [2.75, 3.05) is 166 Å². The van der Waals surface area contributed by atoms with Crippen molar-refractivity contribution in [1.82, 2.24) is 80.9 Å². The number of hydrogen-bond acceptors (Lipinski definition) is 28. The third-order valence-corrected chi connectivity index (χ3v) is 28.6. The second-order valence-electron chi connectivity index (χ2n) is 34.1. The monoisotopic (exact) mass is 1980 g/mol. The summed E-state index contributed by atoms with van der Waals surface area (Å²) >= 11 is 4.93. The van der Waals surface area contributed by atoms with Gasteiger partial charge in [-0.25, -0.2) is 58.4 Å². The highest BCUT2D eigenvalue weighted by molar-refractivity contribution is 8.19. The molecule has 0 aromatic heterocycles. The van der Waals surface area contributed by atoms with Crippen molar-refractivity contribution >= 4 is 140 Å². The highest BCUT2D eigenvalue weighted by atomic mass is 32.2. The van der Waals surface area contributed by atoms with Crippen LogP contribution in [0.3, 0.4) is 0 Å². The summed E-state index contributed by atoms with van der Waals surface area (Å²) in [6, 6.07) is 17.2. The number of hydrazine groups is 4. The Morgan fingerprint density at radius 2 is 0.686 bits per heavy atom. The Labute approximate surface area is 821 Å². The van der Waals surface area contributed by atoms with Gasteiger partial charge in [0.2, 0.25) is 0 Å². The lowest BCUT2D eigenvalue weighted by atomic mass is 10.0. The number of carbonyl (C=O) groups is 8. The third-order valence-electron chi connectivity index (χ3n) is 24.6. The molecule has 0 atom stereocenters. The molecule has 0 bridgehead atoms. The number of hydrogen-bond donors (Lipinski definition) is 4. The summed E-state index contributed by atoms with van der Waals surface area (Å²) in [5, 5.41) is 9.83. The zero-order valence-electron chi connectivity index (χ0n) is 76.7. The minimum absolute atomic E-state index is 0. The van der Waals surface area contributed by atoms with Gasteiger partial charge in [-0.1, -0.05) is 56.9 Å². The van der Waals surface area contributed by atoms with E-state index in [1.165, 1.54) is 150 Å². The van der Waals surface area contributed by atoms with E-state index in [1.807, 2.05) is 39.0 Å². The van der Waals surface area contributed by atoms with Gasteiger partial charge in [-0.3, -0.25) is 39.2 Å². The normalized spacial score (nSPS) is 20.4. The first-order chi connectivity index (χ1) is 64.3. The minimum atomic E-state index is -0.537. The van der Waals surface area contributed by atoms with Crippen LogP contribution in [0.1, 0.15) is 188 Å². The average molecular weight is 1980 g/mol. The maximum atomic E-state index is 14.1. The molecule has 0 unspecified atom stereocenters. The van der Waals surface area contributed by atoms with Gasteiger partial charge in [0.15, 0.2) is 20.7 Å². The van der Waals surface area contributed by atoms with Gasteiger partial charge in [-0.15, -0.1) is 0 Å². The number of thioether (sulfide) groups is 4. The van der Waals surface area contributed by atoms with E-state index in [9.17, 15) is 55.9 Å². The lowest BCUT2D eigenvalue weighted by Crippen LogP contribution is -2.48. The highest BCUT2D eigenvalue weighted by Crippen LogP contribution is 2.39. The van der Waals surface area contributed by atoms with E-state index in [0.29, 0.717) is 126 Å². The molecule has 137 heavy (non-hydrogen) atoms. The van der Waals surface area contributed by atoms with Crippen LogP contribution in [0.4, 0.5) is 36.7 Å². The summed E-state index contributed by atoms with van der Waals surface area (Å²) in [5.74, 6) is -2.56. The van der Waals surface area contributed by atoms with Crippen molar-refractivity contribution in [3.05, 3.63) is 138 Å². The Morgan fingerprint density at radius 1 is 0.387 bits per heavy atom. The molecule has 0 radical (unpaired) electrons. The van der Waals surface area contributed by atoms with Crippen molar-refractivity contribution in [3.8, 4) is 23.0 Å². The van der Waals surface area contributed by atoms with E-state index in [2.05, 4.69) is 84.2 Å². The first kappa shape index (κ1) is 111. The molecule has 750 valence electrons. The topological polar surface area (TPSA) is 310 Å². The number of likely N-dealkylation sites (tertiary alicyclic amines) is 4. The molecule has 8 saturated heterocycles. The number of ether oxygens (including phenoxy) is 4. The van der Waals surface area contributed by atoms with Crippen LogP contribution in [0.5, 0.6) is 23.0 Å². The fourth-order valence-electron chi connectivity index (χ4n) is 16.9. The van der Waals surface area contributed by atoms with E-state index < -0.39 is 53.5 Å². The zero-order valence-corrected chi connectivity index (χ0v) is 80.0. The van der Waals surface area contributed by atoms with Crippen LogP contribution in [-0.4, -0.2) is 312 Å². The predicted octanol–water partition coefficient (Wildman–Crippen LogP) is 16.2. The van der Waals surface area contributed by atoms with Gasteiger partial charge >= 0.3 is 24.4 Å². The second-order valence-corrected chi connectivity index (χ2v) is 38.2. The Kier molecular flexibility index (Phi) is 44.3. The fraction of sp³-hybridized carbons (Fsp3) is 0.546. The molecule has 0 spiro atoms. The molecule has 12 heterocycles. The third kappa shape index (κ3) is 31.6. The zero-order chi connectivity index (χ0) is 94.0. The molecule has 40 heteroatoms. The van der Waals surface area contributed by atoms with Crippen LogP contribution in [0, 0.1) is 23.3 Å². The number of piperidine rings is 4. The number of amidine groups is 4. The molecule has 0 aliphatic carbocycles. The number of rotatable bonds is 18. The van der Waals surface area contributed by atoms with Crippen LogP contribution in [0.15, 0.2) is 112 Å². The van der Waals surface area contributed by atoms with Crippen molar-refractivity contribution < 1.29 is 74.9 Å². The second kappa shape index (κ2) is 54.7.